The Labute approximate surface area is 176 Å². The number of morpholine rings is 1. The third-order valence-corrected chi connectivity index (χ3v) is 5.80. The van der Waals surface area contributed by atoms with Gasteiger partial charge in [0.2, 0.25) is 5.95 Å². The van der Waals surface area contributed by atoms with E-state index in [0.29, 0.717) is 19.8 Å². The van der Waals surface area contributed by atoms with Crippen LogP contribution in [0.15, 0.2) is 35.3 Å². The number of halogens is 3. The molecule has 0 unspecified atom stereocenters. The lowest BCUT2D eigenvalue weighted by atomic mass is 10.0. The minimum absolute atomic E-state index is 0.0470. The lowest BCUT2D eigenvalue weighted by Gasteiger charge is -2.37. The maximum Gasteiger partial charge on any atom is 0.413 e. The topological polar surface area (TPSA) is 80.6 Å². The minimum Gasteiger partial charge on any atom is -0.377 e. The lowest BCUT2D eigenvalue weighted by molar-refractivity contribution is -0.181. The molecule has 2 aliphatic rings. The van der Waals surface area contributed by atoms with Crippen molar-refractivity contribution < 1.29 is 22.7 Å². The molecule has 1 fully saturated rings. The lowest BCUT2D eigenvalue weighted by Crippen LogP contribution is -2.57. The van der Waals surface area contributed by atoms with E-state index in [1.165, 1.54) is 18.3 Å². The highest BCUT2D eigenvalue weighted by molar-refractivity contribution is 5.97. The molecule has 0 amide bonds. The number of alkyl halides is 3. The van der Waals surface area contributed by atoms with Crippen LogP contribution in [0.25, 0.3) is 0 Å². The van der Waals surface area contributed by atoms with Gasteiger partial charge in [-0.15, -0.1) is 0 Å². The third-order valence-electron chi connectivity index (χ3n) is 5.80. The molecule has 1 saturated heterocycles. The SMILES string of the molecule is C[C@@H]1COCCN1c1cc(=O)n2c(n1)N(CC(=O)c1ccccn1)[C@](C)(C(F)(F)F)C2. The van der Waals surface area contributed by atoms with Gasteiger partial charge in [0.05, 0.1) is 32.3 Å². The Morgan fingerprint density at radius 3 is 2.77 bits per heavy atom. The summed E-state index contributed by atoms with van der Waals surface area (Å²) in [4.78, 5) is 36.6. The average Bonchev–Trinajstić information content (AvgIpc) is 3.02. The monoisotopic (exact) mass is 437 g/mol. The van der Waals surface area contributed by atoms with Crippen LogP contribution in [0, 0.1) is 0 Å². The number of rotatable bonds is 4. The van der Waals surface area contributed by atoms with Crippen LogP contribution in [0.5, 0.6) is 0 Å². The van der Waals surface area contributed by atoms with Crippen LogP contribution in [0.1, 0.15) is 24.3 Å². The highest BCUT2D eigenvalue weighted by Crippen LogP contribution is 2.43. The molecule has 2 atom stereocenters. The quantitative estimate of drug-likeness (QED) is 0.676. The van der Waals surface area contributed by atoms with E-state index >= 15 is 0 Å². The van der Waals surface area contributed by atoms with E-state index in [1.807, 2.05) is 11.8 Å². The molecule has 0 aliphatic carbocycles. The van der Waals surface area contributed by atoms with Crippen LogP contribution >= 0.6 is 0 Å². The number of Topliss-reactive ketones (excluding diaryl/α,β-unsaturated/α-hetero) is 1. The molecule has 11 heteroatoms. The molecule has 0 saturated carbocycles. The number of aromatic nitrogens is 3. The first kappa shape index (κ1) is 21.3. The van der Waals surface area contributed by atoms with Gasteiger partial charge in [0.25, 0.3) is 5.56 Å². The Bertz CT molecular complexity index is 1040. The maximum atomic E-state index is 14.1. The third kappa shape index (κ3) is 3.67. The second-order valence-electron chi connectivity index (χ2n) is 7.95. The first-order chi connectivity index (χ1) is 14.6. The van der Waals surface area contributed by atoms with Crippen molar-refractivity contribution >= 4 is 17.5 Å². The van der Waals surface area contributed by atoms with Crippen molar-refractivity contribution in [2.45, 2.75) is 38.1 Å². The van der Waals surface area contributed by atoms with Crippen molar-refractivity contribution in [2.24, 2.45) is 0 Å². The van der Waals surface area contributed by atoms with Gasteiger partial charge in [-0.1, -0.05) is 6.07 Å². The van der Waals surface area contributed by atoms with Crippen molar-refractivity contribution in [3.63, 3.8) is 0 Å². The number of hydrogen-bond acceptors (Lipinski definition) is 7. The van der Waals surface area contributed by atoms with Crippen LogP contribution in [0.2, 0.25) is 0 Å². The Kier molecular flexibility index (Phi) is 5.24. The predicted molar refractivity (Wildman–Crippen MR) is 106 cm³/mol. The second-order valence-corrected chi connectivity index (χ2v) is 7.95. The fourth-order valence-corrected chi connectivity index (χ4v) is 3.91. The largest absolute Gasteiger partial charge is 0.413 e. The molecule has 0 spiro atoms. The number of pyridine rings is 1. The van der Waals surface area contributed by atoms with Gasteiger partial charge in [0.1, 0.15) is 11.5 Å². The number of nitrogens with zero attached hydrogens (tertiary/aromatic N) is 5. The molecule has 4 rings (SSSR count). The summed E-state index contributed by atoms with van der Waals surface area (Å²) in [5.41, 5.74) is -3.01. The average molecular weight is 437 g/mol. The zero-order chi connectivity index (χ0) is 22.4. The molecular weight excluding hydrogens is 415 g/mol. The van der Waals surface area contributed by atoms with E-state index in [1.54, 1.807) is 12.1 Å². The van der Waals surface area contributed by atoms with Crippen molar-refractivity contribution in [1.82, 2.24) is 14.5 Å². The van der Waals surface area contributed by atoms with E-state index in [2.05, 4.69) is 9.97 Å². The molecular formula is C20H22F3N5O3. The normalized spacial score (nSPS) is 23.7. The Morgan fingerprint density at radius 1 is 1.35 bits per heavy atom. The van der Waals surface area contributed by atoms with E-state index in [9.17, 15) is 22.8 Å². The fraction of sp³-hybridized carbons (Fsp3) is 0.500. The van der Waals surface area contributed by atoms with Crippen LogP contribution < -0.4 is 15.4 Å². The van der Waals surface area contributed by atoms with Crippen LogP contribution in [0.3, 0.4) is 0 Å². The predicted octanol–water partition coefficient (Wildman–Crippen LogP) is 1.89. The van der Waals surface area contributed by atoms with Gasteiger partial charge in [0, 0.05) is 18.8 Å². The fourth-order valence-electron chi connectivity index (χ4n) is 3.91. The standard InChI is InChI=1S/C20H22F3N5O3/c1-13-11-31-8-7-26(13)16-9-17(30)27-12-19(2,20(21,22)23)28(18(27)25-16)10-15(29)14-5-3-4-6-24-14/h3-6,9,13H,7-8,10-12H2,1-2H3/t13-,19+/m1/s1. The van der Waals surface area contributed by atoms with Gasteiger partial charge in [-0.25, -0.2) is 0 Å². The number of ether oxygens (including phenoxy) is 1. The van der Waals surface area contributed by atoms with Crippen LogP contribution in [-0.4, -0.2) is 64.4 Å². The zero-order valence-corrected chi connectivity index (χ0v) is 17.1. The maximum absolute atomic E-state index is 14.1. The van der Waals surface area contributed by atoms with Gasteiger partial charge in [-0.2, -0.15) is 18.2 Å². The van der Waals surface area contributed by atoms with Crippen LogP contribution in [0.4, 0.5) is 24.9 Å². The summed E-state index contributed by atoms with van der Waals surface area (Å²) < 4.78 is 48.7. The highest BCUT2D eigenvalue weighted by atomic mass is 19.4. The highest BCUT2D eigenvalue weighted by Gasteiger charge is 2.60. The summed E-state index contributed by atoms with van der Waals surface area (Å²) in [5, 5.41) is 0. The van der Waals surface area contributed by atoms with Crippen molar-refractivity contribution in [1.29, 1.82) is 0 Å². The summed E-state index contributed by atoms with van der Waals surface area (Å²) in [7, 11) is 0. The van der Waals surface area contributed by atoms with Crippen molar-refractivity contribution in [3.8, 4) is 0 Å². The zero-order valence-electron chi connectivity index (χ0n) is 17.1. The van der Waals surface area contributed by atoms with Crippen LogP contribution in [-0.2, 0) is 11.3 Å². The Hall–Kier alpha value is -2.95. The Balaban J connectivity index is 1.78. The van der Waals surface area contributed by atoms with E-state index in [-0.39, 0.29) is 23.5 Å². The van der Waals surface area contributed by atoms with Crippen molar-refractivity contribution in [3.05, 3.63) is 46.5 Å². The molecule has 31 heavy (non-hydrogen) atoms. The van der Waals surface area contributed by atoms with Gasteiger partial charge in [-0.3, -0.25) is 19.1 Å². The van der Waals surface area contributed by atoms with Gasteiger partial charge in [-0.05, 0) is 26.0 Å². The molecule has 0 aromatic carbocycles. The second kappa shape index (κ2) is 7.63. The Morgan fingerprint density at radius 2 is 2.13 bits per heavy atom. The molecule has 2 aliphatic heterocycles. The van der Waals surface area contributed by atoms with Gasteiger partial charge >= 0.3 is 6.18 Å². The molecule has 2 aromatic heterocycles. The molecule has 0 radical (unpaired) electrons. The smallest absolute Gasteiger partial charge is 0.377 e. The molecule has 0 N–H and O–H groups in total. The number of carbonyl (C=O) groups excluding carboxylic acids is 1. The van der Waals surface area contributed by atoms with E-state index < -0.39 is 36.1 Å². The number of carbonyl (C=O) groups is 1. The minimum atomic E-state index is -4.70. The number of fused-ring (bicyclic) bond motifs is 1. The first-order valence-electron chi connectivity index (χ1n) is 9.87. The van der Waals surface area contributed by atoms with Gasteiger partial charge < -0.3 is 14.5 Å². The van der Waals surface area contributed by atoms with E-state index in [0.717, 1.165) is 16.4 Å². The summed E-state index contributed by atoms with van der Waals surface area (Å²) in [6.07, 6.45) is -3.31. The number of hydrogen-bond donors (Lipinski definition) is 0. The first-order valence-corrected chi connectivity index (χ1v) is 9.87. The molecule has 2 aromatic rings. The van der Waals surface area contributed by atoms with Gasteiger partial charge in [0.15, 0.2) is 11.3 Å². The van der Waals surface area contributed by atoms with Crippen molar-refractivity contribution in [2.75, 3.05) is 36.1 Å². The summed E-state index contributed by atoms with van der Waals surface area (Å²) >= 11 is 0. The molecule has 8 nitrogen and oxygen atoms in total. The van der Waals surface area contributed by atoms with E-state index in [4.69, 9.17) is 4.74 Å². The summed E-state index contributed by atoms with van der Waals surface area (Å²) in [6, 6.07) is 5.78. The molecule has 166 valence electrons. The molecule has 0 bridgehead atoms. The summed E-state index contributed by atoms with van der Waals surface area (Å²) in [6.45, 7) is 2.90. The summed E-state index contributed by atoms with van der Waals surface area (Å²) in [5.74, 6) is -0.497. The number of anilines is 2. The molecule has 4 heterocycles. The number of ketones is 1.